The van der Waals surface area contributed by atoms with Crippen LogP contribution in [0.1, 0.15) is 51.4 Å². The molecule has 3 aromatic rings. The highest BCUT2D eigenvalue weighted by atomic mass is 16.2. The number of para-hydroxylation sites is 1. The number of nitrogens with one attached hydrogen (secondary N) is 2. The lowest BCUT2D eigenvalue weighted by atomic mass is 9.81. The minimum atomic E-state index is -0.374. The lowest BCUT2D eigenvalue weighted by Gasteiger charge is -2.33. The van der Waals surface area contributed by atoms with Crippen molar-refractivity contribution in [2.75, 3.05) is 0 Å². The van der Waals surface area contributed by atoms with E-state index in [0.29, 0.717) is 22.1 Å². The molecule has 2 heterocycles. The summed E-state index contributed by atoms with van der Waals surface area (Å²) in [5.41, 5.74) is 0.932. The molecule has 0 fully saturated rings. The molecule has 0 atom stereocenters. The maximum Gasteiger partial charge on any atom is 0.259 e. The number of rotatable bonds is 3. The van der Waals surface area contributed by atoms with Gasteiger partial charge < -0.3 is 10.3 Å². The molecule has 3 rings (SSSR count). The van der Waals surface area contributed by atoms with Gasteiger partial charge in [0.25, 0.3) is 11.5 Å². The third-order valence-corrected chi connectivity index (χ3v) is 4.05. The third-order valence-electron chi connectivity index (χ3n) is 4.05. The van der Waals surface area contributed by atoms with Crippen molar-refractivity contribution in [3.63, 3.8) is 0 Å². The molecule has 0 aliphatic carbocycles. The van der Waals surface area contributed by atoms with Crippen molar-refractivity contribution in [2.24, 2.45) is 5.41 Å². The van der Waals surface area contributed by atoms with Gasteiger partial charge in [0.15, 0.2) is 0 Å². The molecule has 0 spiro atoms. The molecular weight excluding hydrogens is 316 g/mol. The van der Waals surface area contributed by atoms with E-state index in [2.05, 4.69) is 36.2 Å². The number of carbonyl (C=O) groups is 1. The van der Waals surface area contributed by atoms with Crippen LogP contribution in [0.2, 0.25) is 0 Å². The summed E-state index contributed by atoms with van der Waals surface area (Å²) in [7, 11) is 0. The molecule has 0 bridgehead atoms. The molecular formula is C19H24N4O2. The van der Waals surface area contributed by atoms with Crippen LogP contribution >= 0.6 is 0 Å². The maximum absolute atomic E-state index is 12.8. The number of aromatic nitrogens is 3. The molecule has 1 amide bonds. The fourth-order valence-electron chi connectivity index (χ4n) is 3.59. The largest absolute Gasteiger partial charge is 0.347 e. The Morgan fingerprint density at radius 2 is 1.88 bits per heavy atom. The van der Waals surface area contributed by atoms with Crippen molar-refractivity contribution in [1.29, 1.82) is 0 Å². The van der Waals surface area contributed by atoms with Gasteiger partial charge in [0, 0.05) is 5.54 Å². The Kier molecular flexibility index (Phi) is 3.94. The van der Waals surface area contributed by atoms with Crippen LogP contribution in [0.5, 0.6) is 0 Å². The fraction of sp³-hybridized carbons (Fsp3) is 0.421. The number of aromatic amines is 1. The second kappa shape index (κ2) is 5.72. The van der Waals surface area contributed by atoms with Crippen LogP contribution in [0.15, 0.2) is 35.3 Å². The molecule has 2 aromatic heterocycles. The summed E-state index contributed by atoms with van der Waals surface area (Å²) < 4.78 is 1.60. The topological polar surface area (TPSA) is 79.3 Å². The summed E-state index contributed by atoms with van der Waals surface area (Å²) in [4.78, 5) is 27.9. The zero-order valence-corrected chi connectivity index (χ0v) is 15.3. The monoisotopic (exact) mass is 340 g/mol. The first-order chi connectivity index (χ1) is 11.6. The van der Waals surface area contributed by atoms with Crippen LogP contribution in [-0.4, -0.2) is 26.0 Å². The predicted octanol–water partition coefficient (Wildman–Crippen LogP) is 3.12. The van der Waals surface area contributed by atoms with Crippen LogP contribution in [0.25, 0.3) is 16.6 Å². The van der Waals surface area contributed by atoms with Gasteiger partial charge in [0.05, 0.1) is 17.1 Å². The minimum absolute atomic E-state index is 0.0857. The molecule has 2 N–H and O–H groups in total. The van der Waals surface area contributed by atoms with Crippen LogP contribution in [0.4, 0.5) is 0 Å². The Hall–Kier alpha value is -2.63. The summed E-state index contributed by atoms with van der Waals surface area (Å²) in [6, 6.07) is 7.20. The summed E-state index contributed by atoms with van der Waals surface area (Å²) in [6.45, 7) is 10.4. The molecule has 1 aromatic carbocycles. The van der Waals surface area contributed by atoms with Crippen molar-refractivity contribution >= 4 is 22.5 Å². The number of H-pyrrole nitrogens is 1. The average Bonchev–Trinajstić information content (AvgIpc) is 2.88. The van der Waals surface area contributed by atoms with Gasteiger partial charge in [-0.25, -0.2) is 4.52 Å². The summed E-state index contributed by atoms with van der Waals surface area (Å²) in [5, 5.41) is 7.90. The number of hydrogen-bond acceptors (Lipinski definition) is 3. The van der Waals surface area contributed by atoms with Gasteiger partial charge >= 0.3 is 0 Å². The van der Waals surface area contributed by atoms with Gasteiger partial charge in [0.2, 0.25) is 0 Å². The van der Waals surface area contributed by atoms with Crippen LogP contribution in [0, 0.1) is 5.41 Å². The van der Waals surface area contributed by atoms with Gasteiger partial charge in [-0.3, -0.25) is 9.59 Å². The lowest BCUT2D eigenvalue weighted by molar-refractivity contribution is 0.0893. The molecule has 0 aliphatic rings. The van der Waals surface area contributed by atoms with Crippen LogP contribution < -0.4 is 10.9 Å². The molecule has 6 nitrogen and oxygen atoms in total. The number of carbonyl (C=O) groups excluding carboxylic acids is 1. The Bertz CT molecular complexity index is 1010. The van der Waals surface area contributed by atoms with E-state index >= 15 is 0 Å². The fourth-order valence-corrected chi connectivity index (χ4v) is 3.59. The van der Waals surface area contributed by atoms with E-state index in [0.717, 1.165) is 6.42 Å². The first-order valence-corrected chi connectivity index (χ1v) is 8.39. The zero-order valence-electron chi connectivity index (χ0n) is 15.3. The maximum atomic E-state index is 12.8. The van der Waals surface area contributed by atoms with E-state index in [4.69, 9.17) is 0 Å². The van der Waals surface area contributed by atoms with Crippen molar-refractivity contribution in [3.8, 4) is 0 Å². The molecule has 6 heteroatoms. The Labute approximate surface area is 146 Å². The first-order valence-electron chi connectivity index (χ1n) is 8.39. The average molecular weight is 340 g/mol. The number of nitrogens with zero attached hydrogens (tertiary/aromatic N) is 2. The molecule has 25 heavy (non-hydrogen) atoms. The highest BCUT2D eigenvalue weighted by Crippen LogP contribution is 2.27. The number of benzene rings is 1. The molecule has 0 saturated carbocycles. The molecule has 132 valence electrons. The van der Waals surface area contributed by atoms with E-state index < -0.39 is 0 Å². The zero-order chi connectivity index (χ0) is 18.4. The number of amides is 1. The van der Waals surface area contributed by atoms with E-state index in [1.54, 1.807) is 16.6 Å². The van der Waals surface area contributed by atoms with E-state index in [1.165, 1.54) is 6.20 Å². The SMILES string of the molecule is CC(C)(C)CC(C)(C)NC(=O)c1cnn2c1[nH]c(=O)c1ccccc12. The molecule has 0 saturated heterocycles. The van der Waals surface area contributed by atoms with Gasteiger partial charge in [-0.15, -0.1) is 0 Å². The summed E-state index contributed by atoms with van der Waals surface area (Å²) in [6.07, 6.45) is 2.32. The van der Waals surface area contributed by atoms with Gasteiger partial charge in [-0.1, -0.05) is 32.9 Å². The smallest absolute Gasteiger partial charge is 0.259 e. The highest BCUT2D eigenvalue weighted by molar-refractivity contribution is 6.01. The van der Waals surface area contributed by atoms with Crippen LogP contribution in [0.3, 0.4) is 0 Å². The minimum Gasteiger partial charge on any atom is -0.347 e. The van der Waals surface area contributed by atoms with Gasteiger partial charge in [-0.2, -0.15) is 5.10 Å². The second-order valence-electron chi connectivity index (χ2n) is 8.37. The summed E-state index contributed by atoms with van der Waals surface area (Å²) >= 11 is 0. The standard InChI is InChI=1S/C19H24N4O2/c1-18(2,3)11-19(4,5)22-17(25)13-10-20-23-14-9-7-6-8-12(14)16(24)21-15(13)23/h6-10H,11H2,1-5H3,(H,21,24)(H,22,25). The first kappa shape index (κ1) is 17.2. The van der Waals surface area contributed by atoms with E-state index in [9.17, 15) is 9.59 Å². The van der Waals surface area contributed by atoms with Crippen molar-refractivity contribution in [2.45, 2.75) is 46.6 Å². The van der Waals surface area contributed by atoms with Crippen molar-refractivity contribution in [3.05, 3.63) is 46.4 Å². The number of fused-ring (bicyclic) bond motifs is 3. The summed E-state index contributed by atoms with van der Waals surface area (Å²) in [5.74, 6) is -0.241. The third kappa shape index (κ3) is 3.43. The van der Waals surface area contributed by atoms with E-state index in [-0.39, 0.29) is 22.4 Å². The highest BCUT2D eigenvalue weighted by Gasteiger charge is 2.28. The molecule has 0 aliphatic heterocycles. The lowest BCUT2D eigenvalue weighted by Crippen LogP contribution is -2.45. The Morgan fingerprint density at radius 3 is 2.56 bits per heavy atom. The molecule has 0 radical (unpaired) electrons. The van der Waals surface area contributed by atoms with Gasteiger partial charge in [-0.05, 0) is 37.8 Å². The van der Waals surface area contributed by atoms with E-state index in [1.807, 2.05) is 26.0 Å². The Morgan fingerprint density at radius 1 is 1.20 bits per heavy atom. The Balaban J connectivity index is 2.02. The van der Waals surface area contributed by atoms with Crippen LogP contribution in [-0.2, 0) is 0 Å². The number of hydrogen-bond donors (Lipinski definition) is 2. The normalized spacial score (nSPS) is 12.7. The van der Waals surface area contributed by atoms with Crippen molar-refractivity contribution < 1.29 is 4.79 Å². The quantitative estimate of drug-likeness (QED) is 0.769. The predicted molar refractivity (Wildman–Crippen MR) is 98.9 cm³/mol. The van der Waals surface area contributed by atoms with Gasteiger partial charge in [0.1, 0.15) is 11.2 Å². The molecule has 0 unspecified atom stereocenters. The van der Waals surface area contributed by atoms with Crippen molar-refractivity contribution in [1.82, 2.24) is 19.9 Å². The second-order valence-corrected chi connectivity index (χ2v) is 8.37.